The van der Waals surface area contributed by atoms with Gasteiger partial charge in [-0.25, -0.2) is 4.98 Å². The molecule has 3 rings (SSSR count). The molecule has 20 heavy (non-hydrogen) atoms. The van der Waals surface area contributed by atoms with E-state index in [1.165, 1.54) is 23.3 Å². The van der Waals surface area contributed by atoms with E-state index in [-0.39, 0.29) is 5.56 Å². The summed E-state index contributed by atoms with van der Waals surface area (Å²) in [5, 5.41) is 9.47. The van der Waals surface area contributed by atoms with Crippen molar-refractivity contribution in [1.82, 2.24) is 9.55 Å². The Kier molecular flexibility index (Phi) is 3.58. The lowest BCUT2D eigenvalue weighted by Gasteiger charge is -2.11. The van der Waals surface area contributed by atoms with E-state index >= 15 is 0 Å². The Morgan fingerprint density at radius 3 is 3.00 bits per heavy atom. The molecule has 0 fully saturated rings. The molecule has 0 amide bonds. The zero-order chi connectivity index (χ0) is 14.1. The summed E-state index contributed by atoms with van der Waals surface area (Å²) in [6.45, 7) is 2.47. The van der Waals surface area contributed by atoms with Crippen LogP contribution in [0, 0.1) is 18.3 Å². The van der Waals surface area contributed by atoms with Gasteiger partial charge in [-0.2, -0.15) is 5.26 Å². The SMILES string of the molecule is Cc1nc2sc3c(c2c(=O)n1CCCC#N)CCCC3. The van der Waals surface area contributed by atoms with Crippen LogP contribution in [0.25, 0.3) is 10.2 Å². The molecule has 0 aromatic carbocycles. The van der Waals surface area contributed by atoms with Crippen LogP contribution in [0.3, 0.4) is 0 Å². The number of thiophene rings is 1. The van der Waals surface area contributed by atoms with Crippen LogP contribution in [0.4, 0.5) is 0 Å². The van der Waals surface area contributed by atoms with Crippen molar-refractivity contribution < 1.29 is 0 Å². The van der Waals surface area contributed by atoms with Crippen molar-refractivity contribution >= 4 is 21.6 Å². The first-order valence-corrected chi connectivity index (χ1v) is 7.92. The summed E-state index contributed by atoms with van der Waals surface area (Å²) < 4.78 is 1.74. The lowest BCUT2D eigenvalue weighted by atomic mass is 9.97. The van der Waals surface area contributed by atoms with Crippen molar-refractivity contribution in [3.05, 3.63) is 26.6 Å². The first kappa shape index (κ1) is 13.3. The van der Waals surface area contributed by atoms with Crippen LogP contribution in [0.15, 0.2) is 4.79 Å². The first-order valence-electron chi connectivity index (χ1n) is 7.11. The van der Waals surface area contributed by atoms with Gasteiger partial charge in [0, 0.05) is 17.8 Å². The number of hydrogen-bond donors (Lipinski definition) is 0. The summed E-state index contributed by atoms with van der Waals surface area (Å²) in [5.41, 5.74) is 1.33. The number of nitriles is 1. The molecule has 2 aromatic heterocycles. The molecule has 0 unspecified atom stereocenters. The average molecular weight is 287 g/mol. The number of nitrogens with zero attached hydrogens (tertiary/aromatic N) is 3. The number of unbranched alkanes of at least 4 members (excludes halogenated alkanes) is 1. The monoisotopic (exact) mass is 287 g/mol. The normalized spacial score (nSPS) is 14.2. The smallest absolute Gasteiger partial charge is 0.262 e. The van der Waals surface area contributed by atoms with Crippen LogP contribution in [-0.2, 0) is 19.4 Å². The van der Waals surface area contributed by atoms with Gasteiger partial charge in [0.1, 0.15) is 10.7 Å². The van der Waals surface area contributed by atoms with Gasteiger partial charge in [0.25, 0.3) is 5.56 Å². The van der Waals surface area contributed by atoms with Crippen molar-refractivity contribution in [2.24, 2.45) is 0 Å². The van der Waals surface area contributed by atoms with Crippen LogP contribution in [-0.4, -0.2) is 9.55 Å². The maximum atomic E-state index is 12.7. The number of aromatic nitrogens is 2. The van der Waals surface area contributed by atoms with E-state index in [0.717, 1.165) is 28.9 Å². The standard InChI is InChI=1S/C15H17N3OS/c1-10-17-14-13(11-6-2-3-7-12(11)20-14)15(19)18(10)9-5-4-8-16/h2-7,9H2,1H3. The minimum atomic E-state index is 0.0878. The van der Waals surface area contributed by atoms with Gasteiger partial charge in [0.2, 0.25) is 0 Å². The fraction of sp³-hybridized carbons (Fsp3) is 0.533. The third-order valence-electron chi connectivity index (χ3n) is 3.94. The molecular weight excluding hydrogens is 270 g/mol. The second-order valence-electron chi connectivity index (χ2n) is 5.27. The summed E-state index contributed by atoms with van der Waals surface area (Å²) in [5.74, 6) is 0.763. The fourth-order valence-corrected chi connectivity index (χ4v) is 4.22. The van der Waals surface area contributed by atoms with E-state index in [0.29, 0.717) is 19.4 Å². The molecule has 4 nitrogen and oxygen atoms in total. The fourth-order valence-electron chi connectivity index (χ4n) is 2.92. The molecule has 0 saturated heterocycles. The Labute approximate surface area is 121 Å². The molecular formula is C15H17N3OS. The van der Waals surface area contributed by atoms with Gasteiger partial charge >= 0.3 is 0 Å². The van der Waals surface area contributed by atoms with E-state index in [4.69, 9.17) is 5.26 Å². The molecule has 2 aromatic rings. The predicted octanol–water partition coefficient (Wildman–Crippen LogP) is 2.95. The summed E-state index contributed by atoms with van der Waals surface area (Å²) in [7, 11) is 0. The lowest BCUT2D eigenvalue weighted by molar-refractivity contribution is 0.606. The summed E-state index contributed by atoms with van der Waals surface area (Å²) in [6.07, 6.45) is 5.66. The molecule has 0 aliphatic heterocycles. The van der Waals surface area contributed by atoms with Gasteiger partial charge in [-0.05, 0) is 44.6 Å². The largest absolute Gasteiger partial charge is 0.296 e. The minimum absolute atomic E-state index is 0.0878. The van der Waals surface area contributed by atoms with Crippen molar-refractivity contribution in [1.29, 1.82) is 5.26 Å². The highest BCUT2D eigenvalue weighted by Gasteiger charge is 2.20. The van der Waals surface area contributed by atoms with E-state index in [1.807, 2.05) is 6.92 Å². The highest BCUT2D eigenvalue weighted by atomic mass is 32.1. The molecule has 0 bridgehead atoms. The van der Waals surface area contributed by atoms with Gasteiger partial charge in [0.05, 0.1) is 11.5 Å². The minimum Gasteiger partial charge on any atom is -0.296 e. The van der Waals surface area contributed by atoms with Crippen molar-refractivity contribution in [3.63, 3.8) is 0 Å². The Bertz CT molecular complexity index is 751. The average Bonchev–Trinajstić information content (AvgIpc) is 2.80. The van der Waals surface area contributed by atoms with Crippen LogP contribution in [0.2, 0.25) is 0 Å². The van der Waals surface area contributed by atoms with Crippen molar-refractivity contribution in [2.45, 2.75) is 52.0 Å². The third-order valence-corrected chi connectivity index (χ3v) is 5.12. The molecule has 0 N–H and O–H groups in total. The number of fused-ring (bicyclic) bond motifs is 3. The molecule has 0 atom stereocenters. The maximum Gasteiger partial charge on any atom is 0.262 e. The van der Waals surface area contributed by atoms with Crippen LogP contribution in [0.5, 0.6) is 0 Å². The molecule has 1 aliphatic carbocycles. The van der Waals surface area contributed by atoms with Gasteiger partial charge < -0.3 is 0 Å². The van der Waals surface area contributed by atoms with E-state index in [1.54, 1.807) is 15.9 Å². The van der Waals surface area contributed by atoms with Crippen LogP contribution >= 0.6 is 11.3 Å². The van der Waals surface area contributed by atoms with Gasteiger partial charge in [0.15, 0.2) is 0 Å². The highest BCUT2D eigenvalue weighted by molar-refractivity contribution is 7.18. The van der Waals surface area contributed by atoms with Gasteiger partial charge in [-0.1, -0.05) is 0 Å². The van der Waals surface area contributed by atoms with Gasteiger partial charge in [-0.15, -0.1) is 11.3 Å². The second kappa shape index (κ2) is 5.37. The first-order chi connectivity index (χ1) is 9.72. The van der Waals surface area contributed by atoms with Crippen molar-refractivity contribution in [2.75, 3.05) is 0 Å². The Balaban J connectivity index is 2.13. The summed E-state index contributed by atoms with van der Waals surface area (Å²) in [4.78, 5) is 19.6. The molecule has 0 saturated carbocycles. The Hall–Kier alpha value is -1.67. The zero-order valence-corrected chi connectivity index (χ0v) is 12.4. The number of hydrogen-bond acceptors (Lipinski definition) is 4. The topological polar surface area (TPSA) is 58.7 Å². The van der Waals surface area contributed by atoms with Crippen LogP contribution in [0.1, 0.15) is 41.9 Å². The zero-order valence-electron chi connectivity index (χ0n) is 11.6. The Morgan fingerprint density at radius 1 is 1.40 bits per heavy atom. The number of rotatable bonds is 3. The molecule has 5 heteroatoms. The molecule has 0 spiro atoms. The second-order valence-corrected chi connectivity index (χ2v) is 6.35. The molecule has 104 valence electrons. The Morgan fingerprint density at radius 2 is 2.20 bits per heavy atom. The van der Waals surface area contributed by atoms with Crippen molar-refractivity contribution in [3.8, 4) is 6.07 Å². The lowest BCUT2D eigenvalue weighted by Crippen LogP contribution is -2.24. The third kappa shape index (κ3) is 2.14. The molecule has 2 heterocycles. The van der Waals surface area contributed by atoms with Crippen LogP contribution < -0.4 is 5.56 Å². The highest BCUT2D eigenvalue weighted by Crippen LogP contribution is 2.33. The van der Waals surface area contributed by atoms with E-state index < -0.39 is 0 Å². The summed E-state index contributed by atoms with van der Waals surface area (Å²) >= 11 is 1.69. The van der Waals surface area contributed by atoms with Gasteiger partial charge in [-0.3, -0.25) is 9.36 Å². The summed E-state index contributed by atoms with van der Waals surface area (Å²) in [6, 6.07) is 2.13. The quantitative estimate of drug-likeness (QED) is 0.815. The van der Waals surface area contributed by atoms with E-state index in [2.05, 4.69) is 11.1 Å². The maximum absolute atomic E-state index is 12.7. The van der Waals surface area contributed by atoms with E-state index in [9.17, 15) is 4.79 Å². The number of aryl methyl sites for hydroxylation is 3. The molecule has 0 radical (unpaired) electrons. The predicted molar refractivity (Wildman–Crippen MR) is 80.1 cm³/mol. The molecule has 1 aliphatic rings.